The number of hydrogen-bond donors (Lipinski definition) is 2. The monoisotopic (exact) mass is 430 g/mol. The molecule has 158 valence electrons. The third kappa shape index (κ3) is 5.76. The van der Waals surface area contributed by atoms with Crippen molar-refractivity contribution in [2.75, 3.05) is 10.6 Å². The maximum atomic E-state index is 13.3. The topological polar surface area (TPSA) is 58.2 Å². The molecule has 3 aromatic carbocycles. The van der Waals surface area contributed by atoms with E-state index in [0.717, 1.165) is 45.8 Å². The van der Waals surface area contributed by atoms with Crippen LogP contribution in [0.5, 0.6) is 0 Å². The standard InChI is InChI=1S/C26H26N2O2S/c1-17-13-18(2)15-22(14-17)28-26(30)24(19-7-4-3-5-8-19)31-23-10-6-9-21(16-23)27-25(29)20-11-12-20/h3-10,13-16,20,24H,11-12H2,1-2H3,(H,27,29)(H,28,30). The highest BCUT2D eigenvalue weighted by molar-refractivity contribution is 8.00. The van der Waals surface area contributed by atoms with Crippen LogP contribution in [0, 0.1) is 19.8 Å². The third-order valence-electron chi connectivity index (χ3n) is 5.13. The molecule has 0 heterocycles. The number of hydrogen-bond acceptors (Lipinski definition) is 3. The number of anilines is 2. The SMILES string of the molecule is Cc1cc(C)cc(NC(=O)C(Sc2cccc(NC(=O)C3CC3)c2)c2ccccc2)c1. The molecule has 0 aromatic heterocycles. The predicted molar refractivity (Wildman–Crippen MR) is 127 cm³/mol. The molecule has 1 aliphatic carbocycles. The second-order valence-electron chi connectivity index (χ2n) is 8.07. The number of carbonyl (C=O) groups is 2. The molecule has 4 nitrogen and oxygen atoms in total. The molecule has 0 aliphatic heterocycles. The van der Waals surface area contributed by atoms with Crippen LogP contribution in [0.4, 0.5) is 11.4 Å². The Morgan fingerprint density at radius 1 is 0.839 bits per heavy atom. The van der Waals surface area contributed by atoms with Crippen molar-refractivity contribution < 1.29 is 9.59 Å². The summed E-state index contributed by atoms with van der Waals surface area (Å²) in [7, 11) is 0. The van der Waals surface area contributed by atoms with Gasteiger partial charge in [-0.3, -0.25) is 9.59 Å². The predicted octanol–water partition coefficient (Wildman–Crippen LogP) is 6.12. The lowest BCUT2D eigenvalue weighted by atomic mass is 10.1. The van der Waals surface area contributed by atoms with Crippen LogP contribution < -0.4 is 10.6 Å². The van der Waals surface area contributed by atoms with Crippen LogP contribution >= 0.6 is 11.8 Å². The van der Waals surface area contributed by atoms with Gasteiger partial charge in [-0.05, 0) is 73.7 Å². The zero-order chi connectivity index (χ0) is 21.8. The molecule has 0 radical (unpaired) electrons. The van der Waals surface area contributed by atoms with Crippen molar-refractivity contribution in [2.24, 2.45) is 5.92 Å². The number of aryl methyl sites for hydroxylation is 2. The zero-order valence-corrected chi connectivity index (χ0v) is 18.5. The van der Waals surface area contributed by atoms with E-state index in [1.54, 1.807) is 0 Å². The molecular formula is C26H26N2O2S. The summed E-state index contributed by atoms with van der Waals surface area (Å²) in [5.41, 5.74) is 4.72. The minimum absolute atomic E-state index is 0.0754. The molecule has 1 aliphatic rings. The van der Waals surface area contributed by atoms with Gasteiger partial charge in [0.25, 0.3) is 0 Å². The zero-order valence-electron chi connectivity index (χ0n) is 17.7. The summed E-state index contributed by atoms with van der Waals surface area (Å²) in [6, 6.07) is 23.5. The van der Waals surface area contributed by atoms with Crippen LogP contribution in [0.15, 0.2) is 77.7 Å². The molecule has 0 bridgehead atoms. The fourth-order valence-electron chi connectivity index (χ4n) is 3.53. The normalized spacial score (nSPS) is 14.0. The highest BCUT2D eigenvalue weighted by Crippen LogP contribution is 2.37. The Morgan fingerprint density at radius 2 is 1.55 bits per heavy atom. The van der Waals surface area contributed by atoms with Gasteiger partial charge in [0, 0.05) is 22.2 Å². The van der Waals surface area contributed by atoms with Gasteiger partial charge in [-0.2, -0.15) is 0 Å². The molecule has 1 saturated carbocycles. The van der Waals surface area contributed by atoms with Crippen molar-refractivity contribution >= 4 is 35.0 Å². The maximum absolute atomic E-state index is 13.3. The van der Waals surface area contributed by atoms with Crippen molar-refractivity contribution in [2.45, 2.75) is 36.8 Å². The molecule has 31 heavy (non-hydrogen) atoms. The van der Waals surface area contributed by atoms with E-state index in [9.17, 15) is 9.59 Å². The van der Waals surface area contributed by atoms with Gasteiger partial charge in [0.2, 0.25) is 11.8 Å². The fourth-order valence-corrected chi connectivity index (χ4v) is 4.61. The average molecular weight is 431 g/mol. The summed E-state index contributed by atoms with van der Waals surface area (Å²) >= 11 is 1.48. The summed E-state index contributed by atoms with van der Waals surface area (Å²) < 4.78 is 0. The Balaban J connectivity index is 1.55. The maximum Gasteiger partial charge on any atom is 0.242 e. The van der Waals surface area contributed by atoms with Crippen molar-refractivity contribution in [1.29, 1.82) is 0 Å². The molecule has 0 spiro atoms. The number of amides is 2. The number of thioether (sulfide) groups is 1. The van der Waals surface area contributed by atoms with Crippen molar-refractivity contribution in [3.63, 3.8) is 0 Å². The van der Waals surface area contributed by atoms with E-state index in [4.69, 9.17) is 0 Å². The van der Waals surface area contributed by atoms with E-state index in [1.807, 2.05) is 80.6 Å². The highest BCUT2D eigenvalue weighted by Gasteiger charge is 2.29. The van der Waals surface area contributed by atoms with Crippen LogP contribution in [-0.2, 0) is 9.59 Å². The van der Waals surface area contributed by atoms with Crippen LogP contribution in [-0.4, -0.2) is 11.8 Å². The molecular weight excluding hydrogens is 404 g/mol. The van der Waals surface area contributed by atoms with Gasteiger partial charge in [0.05, 0.1) is 0 Å². The second-order valence-corrected chi connectivity index (χ2v) is 9.24. The van der Waals surface area contributed by atoms with Gasteiger partial charge in [-0.15, -0.1) is 11.8 Å². The Morgan fingerprint density at radius 3 is 2.23 bits per heavy atom. The Labute approximate surface area is 187 Å². The summed E-state index contributed by atoms with van der Waals surface area (Å²) in [5, 5.41) is 5.65. The van der Waals surface area contributed by atoms with E-state index in [1.165, 1.54) is 11.8 Å². The van der Waals surface area contributed by atoms with E-state index >= 15 is 0 Å². The van der Waals surface area contributed by atoms with E-state index in [-0.39, 0.29) is 17.7 Å². The van der Waals surface area contributed by atoms with Crippen molar-refractivity contribution in [1.82, 2.24) is 0 Å². The first-order chi connectivity index (χ1) is 15.0. The van der Waals surface area contributed by atoms with Crippen LogP contribution in [0.25, 0.3) is 0 Å². The van der Waals surface area contributed by atoms with E-state index < -0.39 is 5.25 Å². The molecule has 2 N–H and O–H groups in total. The quantitative estimate of drug-likeness (QED) is 0.444. The molecule has 5 heteroatoms. The number of carbonyl (C=O) groups excluding carboxylic acids is 2. The molecule has 4 rings (SSSR count). The first kappa shape index (κ1) is 21.2. The van der Waals surface area contributed by atoms with Gasteiger partial charge < -0.3 is 10.6 Å². The molecule has 1 atom stereocenters. The molecule has 3 aromatic rings. The summed E-state index contributed by atoms with van der Waals surface area (Å²) in [6.07, 6.45) is 1.93. The largest absolute Gasteiger partial charge is 0.326 e. The average Bonchev–Trinajstić information content (AvgIpc) is 3.58. The summed E-state index contributed by atoms with van der Waals surface area (Å²) in [6.45, 7) is 4.04. The molecule has 0 saturated heterocycles. The van der Waals surface area contributed by atoms with E-state index in [2.05, 4.69) is 16.7 Å². The van der Waals surface area contributed by atoms with Crippen molar-refractivity contribution in [3.8, 4) is 0 Å². The van der Waals surface area contributed by atoms with Gasteiger partial charge in [-0.25, -0.2) is 0 Å². The Kier molecular flexibility index (Phi) is 6.42. The fraction of sp³-hybridized carbons (Fsp3) is 0.231. The Hall–Kier alpha value is -3.05. The van der Waals surface area contributed by atoms with Gasteiger partial charge >= 0.3 is 0 Å². The van der Waals surface area contributed by atoms with Crippen LogP contribution in [0.3, 0.4) is 0 Å². The second kappa shape index (κ2) is 9.40. The highest BCUT2D eigenvalue weighted by atomic mass is 32.2. The lowest BCUT2D eigenvalue weighted by molar-refractivity contribution is -0.117. The lowest BCUT2D eigenvalue weighted by Gasteiger charge is -2.18. The first-order valence-electron chi connectivity index (χ1n) is 10.5. The van der Waals surface area contributed by atoms with Gasteiger partial charge in [-0.1, -0.05) is 42.5 Å². The summed E-state index contributed by atoms with van der Waals surface area (Å²) in [4.78, 5) is 26.3. The van der Waals surface area contributed by atoms with Crippen LogP contribution in [0.2, 0.25) is 0 Å². The number of nitrogens with one attached hydrogen (secondary N) is 2. The van der Waals surface area contributed by atoms with Gasteiger partial charge in [0.15, 0.2) is 0 Å². The van der Waals surface area contributed by atoms with E-state index in [0.29, 0.717) is 0 Å². The minimum Gasteiger partial charge on any atom is -0.326 e. The van der Waals surface area contributed by atoms with Gasteiger partial charge in [0.1, 0.15) is 5.25 Å². The molecule has 1 unspecified atom stereocenters. The third-order valence-corrected chi connectivity index (χ3v) is 6.38. The molecule has 1 fully saturated rings. The summed E-state index contributed by atoms with van der Waals surface area (Å²) in [5.74, 6) is 0.153. The van der Waals surface area contributed by atoms with Crippen molar-refractivity contribution in [3.05, 3.63) is 89.5 Å². The molecule has 2 amide bonds. The lowest BCUT2D eigenvalue weighted by Crippen LogP contribution is -2.19. The first-order valence-corrected chi connectivity index (χ1v) is 11.4. The minimum atomic E-state index is -0.420. The number of benzene rings is 3. The number of rotatable bonds is 7. The smallest absolute Gasteiger partial charge is 0.242 e. The van der Waals surface area contributed by atoms with Crippen LogP contribution in [0.1, 0.15) is 34.8 Å². The Bertz CT molecular complexity index is 1070.